The van der Waals surface area contributed by atoms with Gasteiger partial charge < -0.3 is 10.4 Å². The van der Waals surface area contributed by atoms with Crippen molar-refractivity contribution in [2.75, 3.05) is 11.9 Å². The number of hydrogen-bond donors (Lipinski definition) is 2. The lowest BCUT2D eigenvalue weighted by atomic mass is 9.96. The van der Waals surface area contributed by atoms with E-state index in [0.717, 1.165) is 12.1 Å². The largest absolute Gasteiger partial charge is 0.481 e. The Kier molecular flexibility index (Phi) is 4.43. The van der Waals surface area contributed by atoms with Crippen LogP contribution in [0.3, 0.4) is 0 Å². The zero-order chi connectivity index (χ0) is 13.0. The third kappa shape index (κ3) is 3.69. The van der Waals surface area contributed by atoms with Crippen LogP contribution in [-0.2, 0) is 4.79 Å². The summed E-state index contributed by atoms with van der Waals surface area (Å²) in [5.41, 5.74) is 0.371. The van der Waals surface area contributed by atoms with E-state index in [-0.39, 0.29) is 12.5 Å². The number of benzene rings is 1. The fraction of sp³-hybridized carbons (Fsp3) is 0.417. The Hall–Kier alpha value is -1.65. The van der Waals surface area contributed by atoms with Crippen LogP contribution in [0.5, 0.6) is 0 Å². The fourth-order valence-corrected chi connectivity index (χ4v) is 1.44. The molecule has 0 fully saturated rings. The van der Waals surface area contributed by atoms with E-state index in [1.165, 1.54) is 6.07 Å². The van der Waals surface area contributed by atoms with Crippen molar-refractivity contribution in [3.8, 4) is 0 Å². The van der Waals surface area contributed by atoms with Gasteiger partial charge in [0.05, 0.1) is 5.92 Å². The summed E-state index contributed by atoms with van der Waals surface area (Å²) in [7, 11) is 0. The number of nitrogens with one attached hydrogen (secondary N) is 1. The van der Waals surface area contributed by atoms with Crippen LogP contribution in [0.1, 0.15) is 13.8 Å². The molecule has 0 aliphatic carbocycles. The van der Waals surface area contributed by atoms with Crippen LogP contribution in [0.4, 0.5) is 14.5 Å². The van der Waals surface area contributed by atoms with E-state index in [1.54, 1.807) is 13.8 Å². The molecule has 1 aromatic carbocycles. The number of halogens is 2. The minimum absolute atomic E-state index is 0.0368. The van der Waals surface area contributed by atoms with Gasteiger partial charge in [-0.15, -0.1) is 0 Å². The molecular formula is C12H15F2NO2. The summed E-state index contributed by atoms with van der Waals surface area (Å²) in [5, 5.41) is 11.7. The summed E-state index contributed by atoms with van der Waals surface area (Å²) in [4.78, 5) is 10.9. The zero-order valence-corrected chi connectivity index (χ0v) is 9.71. The molecule has 0 heterocycles. The molecule has 0 amide bonds. The van der Waals surface area contributed by atoms with Gasteiger partial charge in [0.15, 0.2) is 11.6 Å². The van der Waals surface area contributed by atoms with Gasteiger partial charge in [-0.2, -0.15) is 0 Å². The van der Waals surface area contributed by atoms with Crippen molar-refractivity contribution >= 4 is 11.7 Å². The number of hydrogen-bond acceptors (Lipinski definition) is 2. The Balaban J connectivity index is 2.65. The first-order valence-electron chi connectivity index (χ1n) is 5.33. The smallest absolute Gasteiger partial charge is 0.308 e. The summed E-state index contributed by atoms with van der Waals surface area (Å²) in [6, 6.07) is 3.38. The van der Waals surface area contributed by atoms with E-state index in [9.17, 15) is 13.6 Å². The van der Waals surface area contributed by atoms with Crippen LogP contribution in [0, 0.1) is 23.5 Å². The van der Waals surface area contributed by atoms with Gasteiger partial charge in [-0.05, 0) is 24.1 Å². The molecule has 1 aromatic rings. The van der Waals surface area contributed by atoms with Crippen molar-refractivity contribution in [3.05, 3.63) is 29.8 Å². The predicted molar refractivity (Wildman–Crippen MR) is 60.8 cm³/mol. The van der Waals surface area contributed by atoms with Crippen LogP contribution in [0.2, 0.25) is 0 Å². The number of anilines is 1. The first-order valence-corrected chi connectivity index (χ1v) is 5.33. The van der Waals surface area contributed by atoms with E-state index in [4.69, 9.17) is 5.11 Å². The SMILES string of the molecule is CC(C)C(CNc1ccc(F)c(F)c1)C(=O)O. The Labute approximate surface area is 98.5 Å². The van der Waals surface area contributed by atoms with Crippen molar-refractivity contribution in [2.45, 2.75) is 13.8 Å². The summed E-state index contributed by atoms with van der Waals surface area (Å²) in [6.07, 6.45) is 0. The Bertz CT molecular complexity index is 407. The second kappa shape index (κ2) is 5.61. The lowest BCUT2D eigenvalue weighted by Crippen LogP contribution is -2.27. The summed E-state index contributed by atoms with van der Waals surface area (Å²) >= 11 is 0. The maximum atomic E-state index is 12.9. The van der Waals surface area contributed by atoms with Crippen molar-refractivity contribution in [3.63, 3.8) is 0 Å². The molecule has 94 valence electrons. The van der Waals surface area contributed by atoms with Gasteiger partial charge in [-0.25, -0.2) is 8.78 Å². The molecule has 1 atom stereocenters. The van der Waals surface area contributed by atoms with Crippen LogP contribution < -0.4 is 5.32 Å². The topological polar surface area (TPSA) is 49.3 Å². The number of carboxylic acid groups (broad SMARTS) is 1. The van der Waals surface area contributed by atoms with Crippen LogP contribution in [-0.4, -0.2) is 17.6 Å². The van der Waals surface area contributed by atoms with E-state index < -0.39 is 23.5 Å². The van der Waals surface area contributed by atoms with Crippen molar-refractivity contribution in [2.24, 2.45) is 11.8 Å². The number of carbonyl (C=O) groups is 1. The first kappa shape index (κ1) is 13.4. The summed E-state index contributed by atoms with van der Waals surface area (Å²) in [6.45, 7) is 3.77. The molecule has 2 N–H and O–H groups in total. The average molecular weight is 243 g/mol. The predicted octanol–water partition coefficient (Wildman–Crippen LogP) is 2.73. The quantitative estimate of drug-likeness (QED) is 0.836. The molecule has 0 bridgehead atoms. The van der Waals surface area contributed by atoms with Gasteiger partial charge in [0.1, 0.15) is 0 Å². The Morgan fingerprint density at radius 2 is 2.00 bits per heavy atom. The van der Waals surface area contributed by atoms with Crippen molar-refractivity contribution in [1.29, 1.82) is 0 Å². The lowest BCUT2D eigenvalue weighted by molar-refractivity contribution is -0.142. The highest BCUT2D eigenvalue weighted by molar-refractivity contribution is 5.71. The van der Waals surface area contributed by atoms with Crippen molar-refractivity contribution in [1.82, 2.24) is 0 Å². The van der Waals surface area contributed by atoms with Crippen LogP contribution in [0.15, 0.2) is 18.2 Å². The Morgan fingerprint density at radius 3 is 2.47 bits per heavy atom. The molecule has 0 aliphatic rings. The van der Waals surface area contributed by atoms with E-state index in [2.05, 4.69) is 5.32 Å². The molecule has 3 nitrogen and oxygen atoms in total. The second-order valence-electron chi connectivity index (χ2n) is 4.20. The highest BCUT2D eigenvalue weighted by Crippen LogP contribution is 2.16. The minimum Gasteiger partial charge on any atom is -0.481 e. The third-order valence-corrected chi connectivity index (χ3v) is 2.57. The monoisotopic (exact) mass is 243 g/mol. The minimum atomic E-state index is -0.952. The van der Waals surface area contributed by atoms with Crippen molar-refractivity contribution < 1.29 is 18.7 Å². The fourth-order valence-electron chi connectivity index (χ4n) is 1.44. The highest BCUT2D eigenvalue weighted by Gasteiger charge is 2.21. The maximum Gasteiger partial charge on any atom is 0.308 e. The van der Waals surface area contributed by atoms with Crippen LogP contribution in [0.25, 0.3) is 0 Å². The van der Waals surface area contributed by atoms with Gasteiger partial charge in [0, 0.05) is 12.2 Å². The molecule has 1 rings (SSSR count). The van der Waals surface area contributed by atoms with Gasteiger partial charge >= 0.3 is 5.97 Å². The molecule has 5 heteroatoms. The molecule has 0 aliphatic heterocycles. The van der Waals surface area contributed by atoms with Crippen LogP contribution >= 0.6 is 0 Å². The van der Waals surface area contributed by atoms with Gasteiger partial charge in [-0.3, -0.25) is 4.79 Å². The molecule has 0 radical (unpaired) electrons. The number of carboxylic acids is 1. The standard InChI is InChI=1S/C12H15F2NO2/c1-7(2)9(12(16)17)6-15-8-3-4-10(13)11(14)5-8/h3-5,7,9,15H,6H2,1-2H3,(H,16,17). The molecule has 0 spiro atoms. The normalized spacial score (nSPS) is 12.5. The third-order valence-electron chi connectivity index (χ3n) is 2.57. The highest BCUT2D eigenvalue weighted by atomic mass is 19.2. The molecule has 0 saturated heterocycles. The van der Waals surface area contributed by atoms with E-state index >= 15 is 0 Å². The summed E-state index contributed by atoms with van der Waals surface area (Å²) < 4.78 is 25.5. The average Bonchev–Trinajstić information content (AvgIpc) is 2.22. The molecule has 1 unspecified atom stereocenters. The van der Waals surface area contributed by atoms with Gasteiger partial charge in [0.25, 0.3) is 0 Å². The zero-order valence-electron chi connectivity index (χ0n) is 9.71. The summed E-state index contributed by atoms with van der Waals surface area (Å²) in [5.74, 6) is -3.39. The first-order chi connectivity index (χ1) is 7.91. The second-order valence-corrected chi connectivity index (χ2v) is 4.20. The number of aliphatic carboxylic acids is 1. The Morgan fingerprint density at radius 1 is 1.35 bits per heavy atom. The lowest BCUT2D eigenvalue weighted by Gasteiger charge is -2.17. The maximum absolute atomic E-state index is 12.9. The van der Waals surface area contributed by atoms with Gasteiger partial charge in [-0.1, -0.05) is 13.8 Å². The van der Waals surface area contributed by atoms with Gasteiger partial charge in [0.2, 0.25) is 0 Å². The molecule has 0 aromatic heterocycles. The van der Waals surface area contributed by atoms with E-state index in [0.29, 0.717) is 5.69 Å². The molecule has 17 heavy (non-hydrogen) atoms. The van der Waals surface area contributed by atoms with E-state index in [1.807, 2.05) is 0 Å². The number of rotatable bonds is 5. The molecular weight excluding hydrogens is 228 g/mol. The molecule has 0 saturated carbocycles.